The van der Waals surface area contributed by atoms with Crippen molar-refractivity contribution in [1.82, 2.24) is 0 Å². The second-order valence-corrected chi connectivity index (χ2v) is 4.11. The fourth-order valence-electron chi connectivity index (χ4n) is 1.74. The average Bonchev–Trinajstić information content (AvgIpc) is 2.40. The Morgan fingerprint density at radius 1 is 0.600 bits per heavy atom. The van der Waals surface area contributed by atoms with Gasteiger partial charge in [-0.2, -0.15) is 0 Å². The van der Waals surface area contributed by atoms with Gasteiger partial charge in [0.1, 0.15) is 23.3 Å². The Morgan fingerprint density at radius 3 is 1.00 bits per heavy atom. The minimum atomic E-state index is -0.456. The number of benzene rings is 2. The molecule has 0 aromatic heterocycles. The fraction of sp³-hybridized carbons (Fsp3) is 0.250. The van der Waals surface area contributed by atoms with Crippen LogP contribution in [0.4, 0.5) is 17.6 Å². The van der Waals surface area contributed by atoms with Crippen LogP contribution in [0.5, 0.6) is 0 Å². The Balaban J connectivity index is 0.000000200. The summed E-state index contributed by atoms with van der Waals surface area (Å²) in [5.74, 6) is -1.82. The molecule has 0 saturated carbocycles. The van der Waals surface area contributed by atoms with E-state index in [4.69, 9.17) is 0 Å². The van der Waals surface area contributed by atoms with Gasteiger partial charge in [-0.1, -0.05) is 26.0 Å². The smallest absolute Gasteiger partial charge is 0.129 e. The maximum absolute atomic E-state index is 12.6. The minimum Gasteiger partial charge on any atom is -0.207 e. The highest BCUT2D eigenvalue weighted by Gasteiger charge is 2.04. The highest BCUT2D eigenvalue weighted by atomic mass is 19.1. The molecule has 0 nitrogen and oxygen atoms in total. The summed E-state index contributed by atoms with van der Waals surface area (Å²) in [7, 11) is 0. The SMILES string of the molecule is CCc1c(F)cccc1F.CCc1c(F)cccc1F. The van der Waals surface area contributed by atoms with Gasteiger partial charge >= 0.3 is 0 Å². The molecule has 0 radical (unpaired) electrons. The van der Waals surface area contributed by atoms with E-state index in [1.165, 1.54) is 36.4 Å². The van der Waals surface area contributed by atoms with Crippen molar-refractivity contribution in [2.24, 2.45) is 0 Å². The van der Waals surface area contributed by atoms with Crippen molar-refractivity contribution in [1.29, 1.82) is 0 Å². The molecule has 0 heterocycles. The molecule has 20 heavy (non-hydrogen) atoms. The Labute approximate surface area is 116 Å². The van der Waals surface area contributed by atoms with Crippen LogP contribution >= 0.6 is 0 Å². The van der Waals surface area contributed by atoms with Gasteiger partial charge < -0.3 is 0 Å². The second kappa shape index (κ2) is 7.68. The zero-order chi connectivity index (χ0) is 15.1. The van der Waals surface area contributed by atoms with Gasteiger partial charge in [-0.3, -0.25) is 0 Å². The topological polar surface area (TPSA) is 0 Å². The summed E-state index contributed by atoms with van der Waals surface area (Å²) in [6.45, 7) is 3.45. The summed E-state index contributed by atoms with van der Waals surface area (Å²) in [4.78, 5) is 0. The van der Waals surface area contributed by atoms with Crippen LogP contribution in [0.3, 0.4) is 0 Å². The van der Waals surface area contributed by atoms with Crippen LogP contribution in [0.15, 0.2) is 36.4 Å². The minimum absolute atomic E-state index is 0.169. The number of halogens is 4. The molecule has 0 N–H and O–H groups in total. The van der Waals surface area contributed by atoms with E-state index in [1.807, 2.05) is 0 Å². The summed E-state index contributed by atoms with van der Waals surface area (Å²) < 4.78 is 50.4. The molecule has 0 spiro atoms. The predicted octanol–water partition coefficient (Wildman–Crippen LogP) is 5.05. The van der Waals surface area contributed by atoms with Crippen LogP contribution in [-0.4, -0.2) is 0 Å². The van der Waals surface area contributed by atoms with Crippen molar-refractivity contribution in [2.75, 3.05) is 0 Å². The highest BCUT2D eigenvalue weighted by Crippen LogP contribution is 2.12. The van der Waals surface area contributed by atoms with E-state index < -0.39 is 23.3 Å². The maximum Gasteiger partial charge on any atom is 0.129 e. The maximum atomic E-state index is 12.6. The Kier molecular flexibility index (Phi) is 6.22. The normalized spacial score (nSPS) is 9.90. The van der Waals surface area contributed by atoms with Gasteiger partial charge in [0.05, 0.1) is 0 Å². The first-order valence-electron chi connectivity index (χ1n) is 6.37. The summed E-state index contributed by atoms with van der Waals surface area (Å²) in [6.07, 6.45) is 0.803. The van der Waals surface area contributed by atoms with Crippen molar-refractivity contribution in [3.8, 4) is 0 Å². The first kappa shape index (κ1) is 16.2. The van der Waals surface area contributed by atoms with Crippen LogP contribution in [-0.2, 0) is 12.8 Å². The summed E-state index contributed by atoms with van der Waals surface area (Å²) in [6, 6.07) is 7.79. The van der Waals surface area contributed by atoms with Crippen molar-refractivity contribution in [3.63, 3.8) is 0 Å². The molecule has 0 saturated heterocycles. The number of hydrogen-bond acceptors (Lipinski definition) is 0. The first-order chi connectivity index (χ1) is 9.51. The van der Waals surface area contributed by atoms with E-state index in [2.05, 4.69) is 0 Å². The lowest BCUT2D eigenvalue weighted by molar-refractivity contribution is 0.558. The van der Waals surface area contributed by atoms with Gasteiger partial charge in [0, 0.05) is 11.1 Å². The molecular formula is C16H16F4. The van der Waals surface area contributed by atoms with E-state index in [0.29, 0.717) is 12.8 Å². The standard InChI is InChI=1S/2C8H8F2/c2*1-2-6-7(9)4-3-5-8(6)10/h2*3-5H,2H2,1H3. The van der Waals surface area contributed by atoms with Gasteiger partial charge in [-0.05, 0) is 37.1 Å². The highest BCUT2D eigenvalue weighted by molar-refractivity contribution is 5.19. The molecule has 0 aliphatic carbocycles. The Morgan fingerprint density at radius 2 is 0.850 bits per heavy atom. The van der Waals surface area contributed by atoms with Crippen LogP contribution in [0, 0.1) is 23.3 Å². The van der Waals surface area contributed by atoms with Crippen molar-refractivity contribution in [2.45, 2.75) is 26.7 Å². The van der Waals surface area contributed by atoms with Gasteiger partial charge in [0.2, 0.25) is 0 Å². The molecule has 4 heteroatoms. The third kappa shape index (κ3) is 4.08. The van der Waals surface area contributed by atoms with Crippen LogP contribution in [0.1, 0.15) is 25.0 Å². The van der Waals surface area contributed by atoms with Crippen LogP contribution in [0.25, 0.3) is 0 Å². The molecule has 0 fully saturated rings. The Hall–Kier alpha value is -1.84. The molecule has 0 aliphatic heterocycles. The van der Waals surface area contributed by atoms with Crippen molar-refractivity contribution < 1.29 is 17.6 Å². The lowest BCUT2D eigenvalue weighted by atomic mass is 10.1. The third-order valence-electron chi connectivity index (χ3n) is 2.83. The van der Waals surface area contributed by atoms with E-state index in [0.717, 1.165) is 0 Å². The molecule has 0 amide bonds. The van der Waals surface area contributed by atoms with Crippen molar-refractivity contribution >= 4 is 0 Å². The molecule has 2 aromatic rings. The molecule has 2 aromatic carbocycles. The summed E-state index contributed by atoms with van der Waals surface area (Å²) >= 11 is 0. The number of hydrogen-bond donors (Lipinski definition) is 0. The molecule has 2 rings (SSSR count). The molecule has 0 aliphatic rings. The van der Waals surface area contributed by atoms with Crippen LogP contribution < -0.4 is 0 Å². The second-order valence-electron chi connectivity index (χ2n) is 4.11. The zero-order valence-electron chi connectivity index (χ0n) is 11.4. The molecule has 0 atom stereocenters. The van der Waals surface area contributed by atoms with E-state index >= 15 is 0 Å². The van der Waals surface area contributed by atoms with Gasteiger partial charge in [0.15, 0.2) is 0 Å². The molecular weight excluding hydrogens is 268 g/mol. The van der Waals surface area contributed by atoms with Gasteiger partial charge in [-0.25, -0.2) is 17.6 Å². The zero-order valence-corrected chi connectivity index (χ0v) is 11.4. The van der Waals surface area contributed by atoms with Crippen molar-refractivity contribution in [3.05, 3.63) is 70.8 Å². The molecule has 0 bridgehead atoms. The quantitative estimate of drug-likeness (QED) is 0.677. The van der Waals surface area contributed by atoms with E-state index in [9.17, 15) is 17.6 Å². The van der Waals surface area contributed by atoms with Gasteiger partial charge in [0.25, 0.3) is 0 Å². The van der Waals surface area contributed by atoms with E-state index in [1.54, 1.807) is 13.8 Å². The fourth-order valence-corrected chi connectivity index (χ4v) is 1.74. The van der Waals surface area contributed by atoms with E-state index in [-0.39, 0.29) is 11.1 Å². The monoisotopic (exact) mass is 284 g/mol. The largest absolute Gasteiger partial charge is 0.207 e. The van der Waals surface area contributed by atoms with Gasteiger partial charge in [-0.15, -0.1) is 0 Å². The lowest BCUT2D eigenvalue weighted by Crippen LogP contribution is -1.91. The summed E-state index contributed by atoms with van der Waals surface area (Å²) in [5.41, 5.74) is 0.338. The number of rotatable bonds is 2. The third-order valence-corrected chi connectivity index (χ3v) is 2.83. The average molecular weight is 284 g/mol. The summed E-state index contributed by atoms with van der Waals surface area (Å²) in [5, 5.41) is 0. The van der Waals surface area contributed by atoms with Crippen LogP contribution in [0.2, 0.25) is 0 Å². The molecule has 0 unspecified atom stereocenters. The Bertz CT molecular complexity index is 472. The lowest BCUT2D eigenvalue weighted by Gasteiger charge is -1.98. The first-order valence-corrected chi connectivity index (χ1v) is 6.37. The molecule has 108 valence electrons. The predicted molar refractivity (Wildman–Crippen MR) is 71.5 cm³/mol.